The van der Waals surface area contributed by atoms with Crippen LogP contribution in [-0.4, -0.2) is 47.1 Å². The van der Waals surface area contributed by atoms with Crippen molar-refractivity contribution in [2.75, 3.05) is 24.5 Å². The monoisotopic (exact) mass is 302 g/mol. The van der Waals surface area contributed by atoms with Crippen molar-refractivity contribution in [3.05, 3.63) is 30.3 Å². The number of hydrogen-bond donors (Lipinski definition) is 1. The predicted octanol–water partition coefficient (Wildman–Crippen LogP) is 2.12. The Labute approximate surface area is 130 Å². The molecule has 1 saturated carbocycles. The predicted molar refractivity (Wildman–Crippen MR) is 83.8 cm³/mol. The second kappa shape index (κ2) is 5.99. The molecule has 1 amide bonds. The SMILES string of the molecule is O=C(O)CN1CC2(CCCCC2)N(c2ccccc2)CC1=O. The van der Waals surface area contributed by atoms with Gasteiger partial charge in [-0.1, -0.05) is 37.5 Å². The molecular weight excluding hydrogens is 280 g/mol. The Morgan fingerprint density at radius 2 is 1.82 bits per heavy atom. The minimum Gasteiger partial charge on any atom is -0.480 e. The van der Waals surface area contributed by atoms with Crippen LogP contribution in [0.25, 0.3) is 0 Å². The Morgan fingerprint density at radius 1 is 1.14 bits per heavy atom. The summed E-state index contributed by atoms with van der Waals surface area (Å²) in [4.78, 5) is 27.1. The summed E-state index contributed by atoms with van der Waals surface area (Å²) in [6.07, 6.45) is 5.53. The van der Waals surface area contributed by atoms with Crippen LogP contribution in [-0.2, 0) is 9.59 Å². The van der Waals surface area contributed by atoms with Gasteiger partial charge in [0.05, 0.1) is 12.1 Å². The van der Waals surface area contributed by atoms with E-state index in [1.54, 1.807) is 0 Å². The van der Waals surface area contributed by atoms with Gasteiger partial charge in [0.1, 0.15) is 6.54 Å². The van der Waals surface area contributed by atoms with E-state index < -0.39 is 5.97 Å². The lowest BCUT2D eigenvalue weighted by Crippen LogP contribution is -2.65. The van der Waals surface area contributed by atoms with Crippen molar-refractivity contribution in [1.29, 1.82) is 0 Å². The van der Waals surface area contributed by atoms with Crippen molar-refractivity contribution in [3.63, 3.8) is 0 Å². The van der Waals surface area contributed by atoms with Crippen LogP contribution in [0.3, 0.4) is 0 Å². The molecule has 1 heterocycles. The van der Waals surface area contributed by atoms with Crippen LogP contribution in [0.2, 0.25) is 0 Å². The van der Waals surface area contributed by atoms with Gasteiger partial charge in [0.2, 0.25) is 5.91 Å². The van der Waals surface area contributed by atoms with E-state index in [-0.39, 0.29) is 24.5 Å². The summed E-state index contributed by atoms with van der Waals surface area (Å²) in [6, 6.07) is 10.0. The Balaban J connectivity index is 1.91. The van der Waals surface area contributed by atoms with Gasteiger partial charge in [0.25, 0.3) is 0 Å². The molecule has 5 heteroatoms. The highest BCUT2D eigenvalue weighted by Gasteiger charge is 2.45. The maximum Gasteiger partial charge on any atom is 0.323 e. The van der Waals surface area contributed by atoms with Crippen LogP contribution in [0, 0.1) is 0 Å². The molecule has 1 aliphatic heterocycles. The first kappa shape index (κ1) is 14.9. The number of carbonyl (C=O) groups is 2. The highest BCUT2D eigenvalue weighted by molar-refractivity contribution is 5.87. The minimum absolute atomic E-state index is 0.0950. The Morgan fingerprint density at radius 3 is 2.45 bits per heavy atom. The summed E-state index contributed by atoms with van der Waals surface area (Å²) in [7, 11) is 0. The van der Waals surface area contributed by atoms with Gasteiger partial charge in [-0.15, -0.1) is 0 Å². The number of anilines is 1. The summed E-state index contributed by atoms with van der Waals surface area (Å²) in [5.74, 6) is -1.03. The molecular formula is C17H22N2O3. The number of benzene rings is 1. The number of aliphatic carboxylic acids is 1. The number of piperazine rings is 1. The topological polar surface area (TPSA) is 60.9 Å². The molecule has 3 rings (SSSR count). The molecule has 1 N–H and O–H groups in total. The maximum atomic E-state index is 12.4. The van der Waals surface area contributed by atoms with Gasteiger partial charge >= 0.3 is 5.97 Å². The molecule has 1 saturated heterocycles. The van der Waals surface area contributed by atoms with Crippen molar-refractivity contribution in [2.24, 2.45) is 0 Å². The number of carboxylic acids is 1. The molecule has 2 aliphatic rings. The number of para-hydroxylation sites is 1. The summed E-state index contributed by atoms with van der Waals surface area (Å²) in [5.41, 5.74) is 0.955. The lowest BCUT2D eigenvalue weighted by atomic mass is 9.78. The molecule has 1 spiro atoms. The third kappa shape index (κ3) is 2.80. The zero-order chi connectivity index (χ0) is 15.6. The van der Waals surface area contributed by atoms with E-state index in [4.69, 9.17) is 5.11 Å². The number of nitrogens with zero attached hydrogens (tertiary/aromatic N) is 2. The number of hydrogen-bond acceptors (Lipinski definition) is 3. The molecule has 1 aromatic carbocycles. The van der Waals surface area contributed by atoms with Crippen molar-refractivity contribution in [3.8, 4) is 0 Å². The molecule has 0 radical (unpaired) electrons. The van der Waals surface area contributed by atoms with Crippen LogP contribution in [0.1, 0.15) is 32.1 Å². The first-order valence-electron chi connectivity index (χ1n) is 7.93. The molecule has 0 unspecified atom stereocenters. The van der Waals surface area contributed by atoms with Crippen LogP contribution < -0.4 is 4.90 Å². The highest BCUT2D eigenvalue weighted by atomic mass is 16.4. The third-order valence-electron chi connectivity index (χ3n) is 4.88. The standard InChI is InChI=1S/C17H22N2O3/c20-15-11-19(14-7-3-1-4-8-14)17(9-5-2-6-10-17)13-18(15)12-16(21)22/h1,3-4,7-8H,2,5-6,9-13H2,(H,21,22). The summed E-state index contributed by atoms with van der Waals surface area (Å²) >= 11 is 0. The second-order valence-electron chi connectivity index (χ2n) is 6.35. The quantitative estimate of drug-likeness (QED) is 0.929. The van der Waals surface area contributed by atoms with Gasteiger partial charge in [-0.2, -0.15) is 0 Å². The zero-order valence-corrected chi connectivity index (χ0v) is 12.7. The first-order chi connectivity index (χ1) is 10.6. The molecule has 0 atom stereocenters. The van der Waals surface area contributed by atoms with Gasteiger partial charge in [-0.05, 0) is 25.0 Å². The molecule has 2 fully saturated rings. The van der Waals surface area contributed by atoms with Crippen LogP contribution in [0.5, 0.6) is 0 Å². The van der Waals surface area contributed by atoms with Gasteiger partial charge in [0.15, 0.2) is 0 Å². The number of amides is 1. The second-order valence-corrected chi connectivity index (χ2v) is 6.35. The Bertz CT molecular complexity index is 552. The number of carbonyl (C=O) groups excluding carboxylic acids is 1. The smallest absolute Gasteiger partial charge is 0.323 e. The summed E-state index contributed by atoms with van der Waals surface area (Å²) in [5, 5.41) is 9.05. The van der Waals surface area contributed by atoms with E-state index in [2.05, 4.69) is 4.90 Å². The largest absolute Gasteiger partial charge is 0.480 e. The molecule has 5 nitrogen and oxygen atoms in total. The van der Waals surface area contributed by atoms with E-state index in [0.717, 1.165) is 31.4 Å². The maximum absolute atomic E-state index is 12.4. The van der Waals surface area contributed by atoms with Crippen LogP contribution in [0.4, 0.5) is 5.69 Å². The minimum atomic E-state index is -0.938. The zero-order valence-electron chi connectivity index (χ0n) is 12.7. The average molecular weight is 302 g/mol. The van der Waals surface area contributed by atoms with Gasteiger partial charge in [0, 0.05) is 12.2 Å². The molecule has 1 aromatic rings. The van der Waals surface area contributed by atoms with Gasteiger partial charge < -0.3 is 14.9 Å². The molecule has 0 bridgehead atoms. The van der Waals surface area contributed by atoms with Gasteiger partial charge in [-0.3, -0.25) is 9.59 Å². The number of rotatable bonds is 3. The van der Waals surface area contributed by atoms with Crippen molar-refractivity contribution in [1.82, 2.24) is 4.90 Å². The molecule has 22 heavy (non-hydrogen) atoms. The average Bonchev–Trinajstić information content (AvgIpc) is 2.52. The van der Waals surface area contributed by atoms with E-state index in [1.165, 1.54) is 11.3 Å². The molecule has 0 aromatic heterocycles. The molecule has 1 aliphatic carbocycles. The number of carboxylic acid groups (broad SMARTS) is 1. The lowest BCUT2D eigenvalue weighted by molar-refractivity contribution is -0.146. The highest BCUT2D eigenvalue weighted by Crippen LogP contribution is 2.39. The van der Waals surface area contributed by atoms with E-state index in [9.17, 15) is 9.59 Å². The summed E-state index contributed by atoms with van der Waals surface area (Å²) < 4.78 is 0. The van der Waals surface area contributed by atoms with Crippen molar-refractivity contribution in [2.45, 2.75) is 37.6 Å². The van der Waals surface area contributed by atoms with E-state index in [0.29, 0.717) is 6.54 Å². The Hall–Kier alpha value is -2.04. The fraction of sp³-hybridized carbons (Fsp3) is 0.529. The fourth-order valence-electron chi connectivity index (χ4n) is 3.85. The van der Waals surface area contributed by atoms with Crippen molar-refractivity contribution >= 4 is 17.6 Å². The van der Waals surface area contributed by atoms with E-state index >= 15 is 0 Å². The fourth-order valence-corrected chi connectivity index (χ4v) is 3.85. The van der Waals surface area contributed by atoms with Crippen LogP contribution in [0.15, 0.2) is 30.3 Å². The lowest BCUT2D eigenvalue weighted by Gasteiger charge is -2.53. The summed E-state index contributed by atoms with van der Waals surface area (Å²) in [6.45, 7) is 0.605. The van der Waals surface area contributed by atoms with E-state index in [1.807, 2.05) is 30.3 Å². The first-order valence-corrected chi connectivity index (χ1v) is 7.93. The molecule has 118 valence electrons. The Kier molecular flexibility index (Phi) is 4.05. The normalized spacial score (nSPS) is 21.2. The van der Waals surface area contributed by atoms with Gasteiger partial charge in [-0.25, -0.2) is 0 Å². The van der Waals surface area contributed by atoms with Crippen molar-refractivity contribution < 1.29 is 14.7 Å². The van der Waals surface area contributed by atoms with Crippen LogP contribution >= 0.6 is 0 Å². The third-order valence-corrected chi connectivity index (χ3v) is 4.88.